The van der Waals surface area contributed by atoms with E-state index in [0.717, 1.165) is 5.52 Å². The minimum Gasteiger partial charge on any atom is -0.396 e. The smallest absolute Gasteiger partial charge is 0.247 e. The second kappa shape index (κ2) is 9.97. The summed E-state index contributed by atoms with van der Waals surface area (Å²) in [5.41, 5.74) is 0.0799. The predicted molar refractivity (Wildman–Crippen MR) is 146 cm³/mol. The van der Waals surface area contributed by atoms with Gasteiger partial charge >= 0.3 is 0 Å². The zero-order valence-electron chi connectivity index (χ0n) is 22.6. The Bertz CT molecular complexity index is 1440. The molecule has 40 heavy (non-hydrogen) atoms. The standard InChI is InChI=1S/C29H34N6O5/c1-18-16-29-23(22(28(18,2)40-29)25(37)31-19-10-4-3-5-11-19)27(39)34(14-8-9-15-36)24(29)26(38)30-17-35-21-13-7-6-12-20(21)32-33-35/h3-7,10-13,18,22-24,36H,8-9,14-17H2,1-2H3,(H,30,38)(H,31,37)/t18?,22-,23+,24?,28+,29?/m1/s1. The van der Waals surface area contributed by atoms with Gasteiger partial charge in [-0.3, -0.25) is 14.4 Å². The van der Waals surface area contributed by atoms with Crippen LogP contribution in [0.4, 0.5) is 5.69 Å². The van der Waals surface area contributed by atoms with Crippen LogP contribution in [0.5, 0.6) is 0 Å². The zero-order valence-corrected chi connectivity index (χ0v) is 22.6. The number of hydrogen-bond donors (Lipinski definition) is 3. The number of aromatic nitrogens is 3. The number of amides is 3. The van der Waals surface area contributed by atoms with Crippen molar-refractivity contribution >= 4 is 34.4 Å². The Morgan fingerprint density at radius 1 is 1.10 bits per heavy atom. The summed E-state index contributed by atoms with van der Waals surface area (Å²) in [6, 6.07) is 15.7. The van der Waals surface area contributed by atoms with Crippen LogP contribution in [0.1, 0.15) is 33.1 Å². The Morgan fingerprint density at radius 2 is 1.85 bits per heavy atom. The fraction of sp³-hybridized carbons (Fsp3) is 0.483. The molecule has 1 aromatic heterocycles. The molecule has 210 valence electrons. The number of ether oxygens (including phenoxy) is 1. The molecule has 3 N–H and O–H groups in total. The summed E-state index contributed by atoms with van der Waals surface area (Å²) in [6.45, 7) is 4.24. The molecule has 1 spiro atoms. The third-order valence-electron chi connectivity index (χ3n) is 9.02. The normalized spacial score (nSPS) is 30.6. The van der Waals surface area contributed by atoms with Crippen LogP contribution in [-0.4, -0.2) is 73.1 Å². The molecule has 3 amide bonds. The van der Waals surface area contributed by atoms with Crippen molar-refractivity contribution in [1.29, 1.82) is 0 Å². The molecule has 3 fully saturated rings. The van der Waals surface area contributed by atoms with Crippen LogP contribution < -0.4 is 10.6 Å². The number of anilines is 1. The monoisotopic (exact) mass is 546 g/mol. The molecule has 0 radical (unpaired) electrons. The molecule has 3 saturated heterocycles. The molecule has 3 aromatic rings. The van der Waals surface area contributed by atoms with Crippen LogP contribution in [0, 0.1) is 17.8 Å². The molecule has 2 bridgehead atoms. The Labute approximate surface area is 231 Å². The van der Waals surface area contributed by atoms with Crippen LogP contribution in [-0.2, 0) is 25.8 Å². The number of hydrogen-bond acceptors (Lipinski definition) is 7. The van der Waals surface area contributed by atoms with Gasteiger partial charge in [-0.15, -0.1) is 5.10 Å². The van der Waals surface area contributed by atoms with Crippen molar-refractivity contribution in [2.75, 3.05) is 18.5 Å². The zero-order chi connectivity index (χ0) is 28.1. The molecule has 0 saturated carbocycles. The molecule has 6 atom stereocenters. The lowest BCUT2D eigenvalue weighted by Gasteiger charge is -2.36. The highest BCUT2D eigenvalue weighted by atomic mass is 16.5. The van der Waals surface area contributed by atoms with Gasteiger partial charge < -0.3 is 25.4 Å². The number of carbonyl (C=O) groups is 3. The predicted octanol–water partition coefficient (Wildman–Crippen LogP) is 1.93. The van der Waals surface area contributed by atoms with Gasteiger partial charge in [-0.2, -0.15) is 0 Å². The lowest BCUT2D eigenvalue weighted by molar-refractivity contribution is -0.146. The molecule has 2 aromatic carbocycles. The van der Waals surface area contributed by atoms with E-state index in [9.17, 15) is 19.5 Å². The summed E-state index contributed by atoms with van der Waals surface area (Å²) in [5.74, 6) is -2.52. The minimum atomic E-state index is -1.14. The van der Waals surface area contributed by atoms with Gasteiger partial charge in [-0.1, -0.05) is 42.5 Å². The molecule has 6 rings (SSSR count). The number of fused-ring (bicyclic) bond motifs is 2. The fourth-order valence-corrected chi connectivity index (χ4v) is 7.10. The number of unbranched alkanes of at least 4 members (excludes halogenated alkanes) is 1. The number of carbonyl (C=O) groups excluding carboxylic acids is 3. The SMILES string of the molecule is CC1CC23O[C@]1(C)[C@@H](C(=O)Nc1ccccc1)[C@H]2C(=O)N(CCCCO)C3C(=O)NCn1nnc2ccccc21. The molecular formula is C29H34N6O5. The third-order valence-corrected chi connectivity index (χ3v) is 9.02. The Kier molecular flexibility index (Phi) is 6.58. The van der Waals surface area contributed by atoms with E-state index in [1.165, 1.54) is 0 Å². The van der Waals surface area contributed by atoms with Crippen LogP contribution in [0.2, 0.25) is 0 Å². The Morgan fingerprint density at radius 3 is 2.62 bits per heavy atom. The van der Waals surface area contributed by atoms with Crippen LogP contribution in [0.15, 0.2) is 54.6 Å². The van der Waals surface area contributed by atoms with Gasteiger partial charge in [0.1, 0.15) is 23.8 Å². The molecule has 0 aliphatic carbocycles. The summed E-state index contributed by atoms with van der Waals surface area (Å²) in [6.07, 6.45) is 1.50. The second-order valence-electron chi connectivity index (χ2n) is 11.3. The van der Waals surface area contributed by atoms with Crippen molar-refractivity contribution in [2.45, 2.75) is 57.0 Å². The molecule has 3 unspecified atom stereocenters. The maximum atomic E-state index is 14.1. The lowest BCUT2D eigenvalue weighted by atomic mass is 9.62. The van der Waals surface area contributed by atoms with Crippen LogP contribution >= 0.6 is 0 Å². The number of rotatable bonds is 9. The number of nitrogens with one attached hydrogen (secondary N) is 2. The van der Waals surface area contributed by atoms with E-state index >= 15 is 0 Å². The molecule has 11 nitrogen and oxygen atoms in total. The highest BCUT2D eigenvalue weighted by Gasteiger charge is 2.79. The van der Waals surface area contributed by atoms with E-state index in [0.29, 0.717) is 30.5 Å². The molecule has 11 heteroatoms. The summed E-state index contributed by atoms with van der Waals surface area (Å²) < 4.78 is 8.33. The van der Waals surface area contributed by atoms with E-state index < -0.39 is 29.1 Å². The van der Waals surface area contributed by atoms with Gasteiger partial charge in [-0.05, 0) is 56.4 Å². The highest BCUT2D eigenvalue weighted by molar-refractivity contribution is 6.02. The summed E-state index contributed by atoms with van der Waals surface area (Å²) in [4.78, 5) is 43.4. The van der Waals surface area contributed by atoms with Gasteiger partial charge in [0.15, 0.2) is 0 Å². The maximum absolute atomic E-state index is 14.1. The van der Waals surface area contributed by atoms with Crippen molar-refractivity contribution < 1.29 is 24.2 Å². The number of aliphatic hydroxyl groups excluding tert-OH is 1. The van der Waals surface area contributed by atoms with Crippen LogP contribution in [0.25, 0.3) is 11.0 Å². The first kappa shape index (κ1) is 26.4. The maximum Gasteiger partial charge on any atom is 0.247 e. The first-order valence-corrected chi connectivity index (χ1v) is 13.8. The van der Waals surface area contributed by atoms with Gasteiger partial charge in [0.2, 0.25) is 17.7 Å². The number of nitrogens with zero attached hydrogens (tertiary/aromatic N) is 4. The highest BCUT2D eigenvalue weighted by Crippen LogP contribution is 2.65. The third kappa shape index (κ3) is 3.98. The first-order valence-electron chi connectivity index (χ1n) is 13.8. The topological polar surface area (TPSA) is 139 Å². The first-order chi connectivity index (χ1) is 19.3. The van der Waals surface area contributed by atoms with Crippen molar-refractivity contribution in [3.63, 3.8) is 0 Å². The average Bonchev–Trinajstić information content (AvgIpc) is 3.62. The van der Waals surface area contributed by atoms with Gasteiger partial charge in [0.05, 0.1) is 23.0 Å². The summed E-state index contributed by atoms with van der Waals surface area (Å²) in [7, 11) is 0. The molecular weight excluding hydrogens is 512 g/mol. The van der Waals surface area contributed by atoms with Gasteiger partial charge in [0.25, 0.3) is 0 Å². The lowest BCUT2D eigenvalue weighted by Crippen LogP contribution is -2.56. The van der Waals surface area contributed by atoms with E-state index in [2.05, 4.69) is 20.9 Å². The number of aliphatic hydroxyl groups is 1. The molecule has 4 heterocycles. The van der Waals surface area contributed by atoms with Crippen molar-refractivity contribution in [2.24, 2.45) is 17.8 Å². The molecule has 3 aliphatic rings. The fourth-order valence-electron chi connectivity index (χ4n) is 7.10. The van der Waals surface area contributed by atoms with Crippen LogP contribution in [0.3, 0.4) is 0 Å². The number of para-hydroxylation sites is 2. The number of benzene rings is 2. The quantitative estimate of drug-likeness (QED) is 0.349. The number of likely N-dealkylation sites (tertiary alicyclic amines) is 1. The summed E-state index contributed by atoms with van der Waals surface area (Å²) in [5, 5.41) is 23.6. The molecule has 3 aliphatic heterocycles. The van der Waals surface area contributed by atoms with E-state index in [-0.39, 0.29) is 43.5 Å². The van der Waals surface area contributed by atoms with E-state index in [1.54, 1.807) is 21.7 Å². The second-order valence-corrected chi connectivity index (χ2v) is 11.3. The van der Waals surface area contributed by atoms with E-state index in [4.69, 9.17) is 4.74 Å². The largest absolute Gasteiger partial charge is 0.396 e. The Hall–Kier alpha value is -3.83. The van der Waals surface area contributed by atoms with Gasteiger partial charge in [0, 0.05) is 18.8 Å². The average molecular weight is 547 g/mol. The Balaban J connectivity index is 1.32. The summed E-state index contributed by atoms with van der Waals surface area (Å²) >= 11 is 0. The van der Waals surface area contributed by atoms with E-state index in [1.807, 2.05) is 56.3 Å². The van der Waals surface area contributed by atoms with Crippen molar-refractivity contribution in [3.8, 4) is 0 Å². The van der Waals surface area contributed by atoms with Crippen molar-refractivity contribution in [1.82, 2.24) is 25.2 Å². The van der Waals surface area contributed by atoms with Gasteiger partial charge in [-0.25, -0.2) is 4.68 Å². The minimum absolute atomic E-state index is 0.0133. The van der Waals surface area contributed by atoms with Crippen molar-refractivity contribution in [3.05, 3.63) is 54.6 Å².